The summed E-state index contributed by atoms with van der Waals surface area (Å²) in [6.45, 7) is 5.44. The van der Waals surface area contributed by atoms with Crippen LogP contribution in [0.2, 0.25) is 0 Å². The summed E-state index contributed by atoms with van der Waals surface area (Å²) in [6, 6.07) is 10.8. The van der Waals surface area contributed by atoms with E-state index in [2.05, 4.69) is 21.2 Å². The fraction of sp³-hybridized carbons (Fsp3) is 0.294. The first-order valence-corrected chi connectivity index (χ1v) is 7.99. The molecule has 122 valence electrons. The molecule has 0 radical (unpaired) electrons. The number of nitrogens with zero attached hydrogens (tertiary/aromatic N) is 1. The molecule has 0 aliphatic carbocycles. The molecular weight excluding hydrogens is 360 g/mol. The van der Waals surface area contributed by atoms with Crippen molar-refractivity contribution in [2.24, 2.45) is 0 Å². The number of ketones is 1. The first-order chi connectivity index (χ1) is 10.8. The molecule has 23 heavy (non-hydrogen) atoms. The second-order valence-electron chi connectivity index (χ2n) is 6.03. The van der Waals surface area contributed by atoms with Crippen LogP contribution in [0.5, 0.6) is 0 Å². The van der Waals surface area contributed by atoms with Crippen LogP contribution in [0.3, 0.4) is 0 Å². The molecular formula is C17H19BrN2O3. The van der Waals surface area contributed by atoms with E-state index in [1.54, 1.807) is 32.9 Å². The van der Waals surface area contributed by atoms with Gasteiger partial charge in [0.2, 0.25) is 0 Å². The maximum atomic E-state index is 12.3. The molecule has 0 fully saturated rings. The van der Waals surface area contributed by atoms with Crippen molar-refractivity contribution in [1.82, 2.24) is 4.57 Å². The van der Waals surface area contributed by atoms with E-state index in [-0.39, 0.29) is 12.3 Å². The standard InChI is InChI=1S/C17H19BrN2O3/c1-17(2,3)23-16(22)20-10-4-5-14(20)15(21)11-19-13-8-6-12(18)7-9-13/h4-10,19H,11H2,1-3H3. The number of carbonyl (C=O) groups excluding carboxylic acids is 2. The molecule has 0 aliphatic rings. The minimum absolute atomic E-state index is 0.0917. The van der Waals surface area contributed by atoms with Crippen LogP contribution in [-0.2, 0) is 4.74 Å². The number of ether oxygens (including phenoxy) is 1. The number of halogens is 1. The average molecular weight is 379 g/mol. The molecule has 5 nitrogen and oxygen atoms in total. The third-order valence-corrected chi connectivity index (χ3v) is 3.45. The summed E-state index contributed by atoms with van der Waals surface area (Å²) in [4.78, 5) is 24.5. The summed E-state index contributed by atoms with van der Waals surface area (Å²) in [5, 5.41) is 3.04. The van der Waals surface area contributed by atoms with Gasteiger partial charge < -0.3 is 10.1 Å². The van der Waals surface area contributed by atoms with Crippen LogP contribution in [-0.4, -0.2) is 28.6 Å². The van der Waals surface area contributed by atoms with Crippen molar-refractivity contribution in [3.63, 3.8) is 0 Å². The van der Waals surface area contributed by atoms with E-state index in [1.165, 1.54) is 10.8 Å². The normalized spacial score (nSPS) is 11.1. The molecule has 0 atom stereocenters. The highest BCUT2D eigenvalue weighted by atomic mass is 79.9. The third kappa shape index (κ3) is 4.96. The van der Waals surface area contributed by atoms with E-state index in [1.807, 2.05) is 24.3 Å². The zero-order valence-corrected chi connectivity index (χ0v) is 14.9. The maximum absolute atomic E-state index is 12.3. The largest absolute Gasteiger partial charge is 0.443 e. The molecule has 0 unspecified atom stereocenters. The van der Waals surface area contributed by atoms with Gasteiger partial charge in [-0.2, -0.15) is 0 Å². The minimum atomic E-state index is -0.614. The quantitative estimate of drug-likeness (QED) is 0.804. The van der Waals surface area contributed by atoms with Gasteiger partial charge >= 0.3 is 6.09 Å². The highest BCUT2D eigenvalue weighted by molar-refractivity contribution is 9.10. The van der Waals surface area contributed by atoms with Crippen molar-refractivity contribution in [3.8, 4) is 0 Å². The number of nitrogens with one attached hydrogen (secondary N) is 1. The van der Waals surface area contributed by atoms with Crippen LogP contribution < -0.4 is 5.32 Å². The summed E-state index contributed by atoms with van der Waals surface area (Å²) < 4.78 is 7.49. The van der Waals surface area contributed by atoms with Crippen molar-refractivity contribution >= 4 is 33.5 Å². The number of hydrogen-bond donors (Lipinski definition) is 1. The topological polar surface area (TPSA) is 60.3 Å². The molecule has 0 saturated carbocycles. The third-order valence-electron chi connectivity index (χ3n) is 2.92. The lowest BCUT2D eigenvalue weighted by molar-refractivity contribution is 0.0528. The molecule has 0 bridgehead atoms. The van der Waals surface area contributed by atoms with Crippen LogP contribution in [0.15, 0.2) is 47.1 Å². The van der Waals surface area contributed by atoms with E-state index in [4.69, 9.17) is 4.74 Å². The van der Waals surface area contributed by atoms with Crippen molar-refractivity contribution in [2.45, 2.75) is 26.4 Å². The Hall–Kier alpha value is -2.08. The molecule has 2 rings (SSSR count). The molecule has 1 aromatic carbocycles. The fourth-order valence-corrected chi connectivity index (χ4v) is 2.18. The number of rotatable bonds is 4. The second-order valence-corrected chi connectivity index (χ2v) is 6.94. The van der Waals surface area contributed by atoms with Gasteiger partial charge in [-0.1, -0.05) is 15.9 Å². The summed E-state index contributed by atoms with van der Waals surface area (Å²) in [6.07, 6.45) is 0.968. The van der Waals surface area contributed by atoms with Crippen LogP contribution in [0.4, 0.5) is 10.5 Å². The molecule has 0 spiro atoms. The van der Waals surface area contributed by atoms with Crippen LogP contribution in [0, 0.1) is 0 Å². The van der Waals surface area contributed by atoms with E-state index in [0.29, 0.717) is 5.69 Å². The van der Waals surface area contributed by atoms with Gasteiger partial charge in [0.05, 0.1) is 12.2 Å². The molecule has 2 aromatic rings. The molecule has 0 saturated heterocycles. The Balaban J connectivity index is 2.04. The molecule has 0 amide bonds. The van der Waals surface area contributed by atoms with Crippen molar-refractivity contribution in [3.05, 3.63) is 52.8 Å². The Morgan fingerprint density at radius 3 is 2.43 bits per heavy atom. The monoisotopic (exact) mass is 378 g/mol. The highest BCUT2D eigenvalue weighted by Gasteiger charge is 2.21. The van der Waals surface area contributed by atoms with E-state index >= 15 is 0 Å². The molecule has 1 N–H and O–H groups in total. The Kier molecular flexibility index (Phi) is 5.26. The number of aromatic nitrogens is 1. The SMILES string of the molecule is CC(C)(C)OC(=O)n1cccc1C(=O)CNc1ccc(Br)cc1. The van der Waals surface area contributed by atoms with Crippen molar-refractivity contribution in [2.75, 3.05) is 11.9 Å². The highest BCUT2D eigenvalue weighted by Crippen LogP contribution is 2.15. The predicted octanol–water partition coefficient (Wildman–Crippen LogP) is 4.33. The summed E-state index contributed by atoms with van der Waals surface area (Å²) in [5.41, 5.74) is 0.512. The van der Waals surface area contributed by atoms with Crippen LogP contribution in [0.25, 0.3) is 0 Å². The second kappa shape index (κ2) is 7.00. The first kappa shape index (κ1) is 17.3. The lowest BCUT2D eigenvalue weighted by Gasteiger charge is -2.20. The number of benzene rings is 1. The molecule has 6 heteroatoms. The Morgan fingerprint density at radius 1 is 1.17 bits per heavy atom. The number of Topliss-reactive ketones (excluding diaryl/α,β-unsaturated/α-hetero) is 1. The van der Waals surface area contributed by atoms with Gasteiger partial charge in [-0.05, 0) is 57.2 Å². The van der Waals surface area contributed by atoms with Gasteiger partial charge in [-0.25, -0.2) is 9.36 Å². The molecule has 1 heterocycles. The van der Waals surface area contributed by atoms with Gasteiger partial charge in [0.15, 0.2) is 5.78 Å². The van der Waals surface area contributed by atoms with Crippen molar-refractivity contribution in [1.29, 1.82) is 0 Å². The summed E-state index contributed by atoms with van der Waals surface area (Å²) in [5.74, 6) is -0.191. The fourth-order valence-electron chi connectivity index (χ4n) is 1.92. The Morgan fingerprint density at radius 2 is 1.83 bits per heavy atom. The molecule has 0 aliphatic heterocycles. The zero-order valence-electron chi connectivity index (χ0n) is 13.3. The zero-order chi connectivity index (χ0) is 17.0. The van der Waals surface area contributed by atoms with Gasteiger partial charge in [0.25, 0.3) is 0 Å². The van der Waals surface area contributed by atoms with E-state index in [9.17, 15) is 9.59 Å². The van der Waals surface area contributed by atoms with Gasteiger partial charge in [0.1, 0.15) is 5.60 Å². The smallest absolute Gasteiger partial charge is 0.419 e. The summed E-state index contributed by atoms with van der Waals surface area (Å²) in [7, 11) is 0. The van der Waals surface area contributed by atoms with Gasteiger partial charge in [-0.15, -0.1) is 0 Å². The van der Waals surface area contributed by atoms with E-state index in [0.717, 1.165) is 10.2 Å². The van der Waals surface area contributed by atoms with Crippen LogP contribution in [0.1, 0.15) is 31.3 Å². The van der Waals surface area contributed by atoms with E-state index < -0.39 is 11.7 Å². The number of anilines is 1. The molecule has 1 aromatic heterocycles. The van der Waals surface area contributed by atoms with Gasteiger partial charge in [-0.3, -0.25) is 4.79 Å². The van der Waals surface area contributed by atoms with Crippen LogP contribution >= 0.6 is 15.9 Å². The summed E-state index contributed by atoms with van der Waals surface area (Å²) >= 11 is 3.36. The van der Waals surface area contributed by atoms with Gasteiger partial charge in [0, 0.05) is 16.4 Å². The average Bonchev–Trinajstić information content (AvgIpc) is 2.94. The predicted molar refractivity (Wildman–Crippen MR) is 93.0 cm³/mol. The lowest BCUT2D eigenvalue weighted by Crippen LogP contribution is -2.29. The number of hydrogen-bond acceptors (Lipinski definition) is 4. The maximum Gasteiger partial charge on any atom is 0.419 e. The first-order valence-electron chi connectivity index (χ1n) is 7.19. The van der Waals surface area contributed by atoms with Crippen molar-refractivity contribution < 1.29 is 14.3 Å². The Bertz CT molecular complexity index is 699. The number of carbonyl (C=O) groups is 2. The Labute approximate surface area is 143 Å². The lowest BCUT2D eigenvalue weighted by atomic mass is 10.2. The minimum Gasteiger partial charge on any atom is -0.443 e.